The van der Waals surface area contributed by atoms with E-state index in [-0.39, 0.29) is 26.4 Å². The Morgan fingerprint density at radius 2 is 1.09 bits per heavy atom. The van der Waals surface area contributed by atoms with Gasteiger partial charge in [0.25, 0.3) is 0 Å². The minimum atomic E-state index is -1.39. The van der Waals surface area contributed by atoms with Gasteiger partial charge in [-0.05, 0) is 22.3 Å². The molecule has 0 spiro atoms. The molecule has 0 saturated carbocycles. The van der Waals surface area contributed by atoms with Crippen LogP contribution in [0.1, 0.15) is 22.3 Å². The lowest BCUT2D eigenvalue weighted by Crippen LogP contribution is -2.62. The third kappa shape index (κ3) is 9.22. The van der Waals surface area contributed by atoms with Gasteiger partial charge in [0.05, 0.1) is 26.4 Å². The van der Waals surface area contributed by atoms with E-state index >= 15 is 0 Å². The highest BCUT2D eigenvalue weighted by molar-refractivity contribution is 5.67. The Bertz CT molecular complexity index is 1360. The maximum atomic E-state index is 13.1. The predicted octanol–water partition coefficient (Wildman–Crippen LogP) is 5.39. The van der Waals surface area contributed by atoms with Crippen LogP contribution in [0.2, 0.25) is 0 Å². The number of nitrogens with one attached hydrogen (secondary N) is 1. The van der Waals surface area contributed by atoms with E-state index in [0.29, 0.717) is 6.61 Å². The van der Waals surface area contributed by atoms with Gasteiger partial charge in [-0.2, -0.15) is 0 Å². The van der Waals surface area contributed by atoms with Crippen molar-refractivity contribution in [2.24, 2.45) is 0 Å². The van der Waals surface area contributed by atoms with Crippen LogP contribution < -0.4 is 5.32 Å². The van der Waals surface area contributed by atoms with E-state index in [2.05, 4.69) is 5.32 Å². The molecule has 8 nitrogen and oxygen atoms in total. The SMILES string of the molecule is O=C(NCc1ccccc1)O[C@H]1[C@H](OCc2ccccc2)[C@@H](COCc2ccccc2)OC(O)[C@H]1OCc1ccccc1. The molecule has 0 aliphatic carbocycles. The number of carbonyl (C=O) groups excluding carboxylic acids is 1. The van der Waals surface area contributed by atoms with E-state index < -0.39 is 36.8 Å². The van der Waals surface area contributed by atoms with Crippen molar-refractivity contribution in [3.05, 3.63) is 144 Å². The number of amides is 1. The lowest BCUT2D eigenvalue weighted by molar-refractivity contribution is -0.307. The Kier molecular flexibility index (Phi) is 11.3. The summed E-state index contributed by atoms with van der Waals surface area (Å²) in [7, 11) is 0. The monoisotopic (exact) mass is 583 g/mol. The van der Waals surface area contributed by atoms with Gasteiger partial charge >= 0.3 is 6.09 Å². The molecule has 224 valence electrons. The van der Waals surface area contributed by atoms with Crippen molar-refractivity contribution >= 4 is 6.09 Å². The van der Waals surface area contributed by atoms with Crippen LogP contribution in [-0.2, 0) is 50.0 Å². The van der Waals surface area contributed by atoms with Crippen LogP contribution in [0, 0.1) is 0 Å². The van der Waals surface area contributed by atoms with Gasteiger partial charge in [-0.15, -0.1) is 0 Å². The van der Waals surface area contributed by atoms with E-state index in [0.717, 1.165) is 22.3 Å². The minimum absolute atomic E-state index is 0.0995. The van der Waals surface area contributed by atoms with Crippen molar-refractivity contribution in [1.29, 1.82) is 0 Å². The largest absolute Gasteiger partial charge is 0.440 e. The van der Waals surface area contributed by atoms with Crippen LogP contribution in [0.5, 0.6) is 0 Å². The first-order valence-electron chi connectivity index (χ1n) is 14.4. The van der Waals surface area contributed by atoms with E-state index in [4.69, 9.17) is 23.7 Å². The lowest BCUT2D eigenvalue weighted by Gasteiger charge is -2.43. The summed E-state index contributed by atoms with van der Waals surface area (Å²) in [5.74, 6) is 0. The Morgan fingerprint density at radius 3 is 1.63 bits per heavy atom. The molecular formula is C35H37NO7. The van der Waals surface area contributed by atoms with Gasteiger partial charge in [-0.3, -0.25) is 0 Å². The van der Waals surface area contributed by atoms with Crippen molar-refractivity contribution in [2.75, 3.05) is 6.61 Å². The fourth-order valence-corrected chi connectivity index (χ4v) is 4.88. The molecule has 5 atom stereocenters. The second-order valence-electron chi connectivity index (χ2n) is 10.3. The molecule has 4 aromatic rings. The minimum Gasteiger partial charge on any atom is -0.440 e. The highest BCUT2D eigenvalue weighted by atomic mass is 16.7. The van der Waals surface area contributed by atoms with Crippen molar-refractivity contribution in [2.45, 2.75) is 57.1 Å². The molecule has 1 unspecified atom stereocenters. The fraction of sp³-hybridized carbons (Fsp3) is 0.286. The normalized spacial score (nSPS) is 21.7. The van der Waals surface area contributed by atoms with Crippen LogP contribution in [0.15, 0.2) is 121 Å². The summed E-state index contributed by atoms with van der Waals surface area (Å²) in [5.41, 5.74) is 3.76. The summed E-state index contributed by atoms with van der Waals surface area (Å²) in [5, 5.41) is 14.0. The summed E-state index contributed by atoms with van der Waals surface area (Å²) in [4.78, 5) is 13.1. The standard InChI is InChI=1S/C35H37NO7/c37-34-33(41-24-29-19-11-4-12-20-29)32(43-35(38)36-21-26-13-5-1-6-14-26)31(40-23-28-17-9-3-10-18-28)30(42-34)25-39-22-27-15-7-2-8-16-27/h1-20,30-34,37H,21-25H2,(H,36,38)/t30-,31-,32+,33+,34?/m1/s1. The van der Waals surface area contributed by atoms with Crippen molar-refractivity contribution in [1.82, 2.24) is 5.32 Å². The molecule has 1 aliphatic heterocycles. The highest BCUT2D eigenvalue weighted by Gasteiger charge is 2.49. The molecule has 1 saturated heterocycles. The van der Waals surface area contributed by atoms with Crippen LogP contribution >= 0.6 is 0 Å². The second kappa shape index (κ2) is 16.0. The van der Waals surface area contributed by atoms with Gasteiger partial charge in [-0.25, -0.2) is 4.79 Å². The summed E-state index contributed by atoms with van der Waals surface area (Å²) in [6, 6.07) is 38.6. The molecular weight excluding hydrogens is 546 g/mol. The van der Waals surface area contributed by atoms with Gasteiger partial charge < -0.3 is 34.1 Å². The average Bonchev–Trinajstić information content (AvgIpc) is 3.05. The molecule has 8 heteroatoms. The van der Waals surface area contributed by atoms with Crippen LogP contribution in [-0.4, -0.2) is 48.5 Å². The molecule has 4 aromatic carbocycles. The Labute approximate surface area is 252 Å². The molecule has 1 heterocycles. The molecule has 2 N–H and O–H groups in total. The number of aliphatic hydroxyl groups excluding tert-OH is 1. The van der Waals surface area contributed by atoms with Crippen LogP contribution in [0.3, 0.4) is 0 Å². The molecule has 5 rings (SSSR count). The summed E-state index contributed by atoms with van der Waals surface area (Å²) in [6.45, 7) is 1.14. The molecule has 0 bridgehead atoms. The number of hydrogen-bond acceptors (Lipinski definition) is 7. The molecule has 1 amide bonds. The quantitative estimate of drug-likeness (QED) is 0.218. The summed E-state index contributed by atoms with van der Waals surface area (Å²) in [6.07, 6.45) is -5.62. The third-order valence-corrected chi connectivity index (χ3v) is 7.10. The van der Waals surface area contributed by atoms with Gasteiger partial charge in [0.15, 0.2) is 12.4 Å². The van der Waals surface area contributed by atoms with Gasteiger partial charge in [0, 0.05) is 6.54 Å². The van der Waals surface area contributed by atoms with E-state index in [1.807, 2.05) is 121 Å². The first kappa shape index (κ1) is 30.4. The number of carbonyl (C=O) groups is 1. The maximum Gasteiger partial charge on any atom is 0.407 e. The lowest BCUT2D eigenvalue weighted by atomic mass is 9.98. The fourth-order valence-electron chi connectivity index (χ4n) is 4.88. The van der Waals surface area contributed by atoms with Crippen LogP contribution in [0.4, 0.5) is 4.79 Å². The Hall–Kier alpha value is -4.05. The van der Waals surface area contributed by atoms with Gasteiger partial charge in [0.2, 0.25) is 0 Å². The first-order chi connectivity index (χ1) is 21.2. The molecule has 0 radical (unpaired) electrons. The first-order valence-corrected chi connectivity index (χ1v) is 14.4. The number of alkyl carbamates (subject to hydrolysis) is 1. The highest BCUT2D eigenvalue weighted by Crippen LogP contribution is 2.29. The zero-order chi connectivity index (χ0) is 29.7. The van der Waals surface area contributed by atoms with E-state index in [1.54, 1.807) is 0 Å². The van der Waals surface area contributed by atoms with E-state index in [9.17, 15) is 9.90 Å². The smallest absolute Gasteiger partial charge is 0.407 e. The zero-order valence-corrected chi connectivity index (χ0v) is 23.9. The van der Waals surface area contributed by atoms with Gasteiger partial charge in [0.1, 0.15) is 18.3 Å². The third-order valence-electron chi connectivity index (χ3n) is 7.10. The zero-order valence-electron chi connectivity index (χ0n) is 23.9. The summed E-state index contributed by atoms with van der Waals surface area (Å²) < 4.78 is 30.6. The number of aliphatic hydroxyl groups is 1. The number of rotatable bonds is 13. The average molecular weight is 584 g/mol. The number of benzene rings is 4. The number of hydrogen-bond donors (Lipinski definition) is 2. The second-order valence-corrected chi connectivity index (χ2v) is 10.3. The molecule has 1 fully saturated rings. The summed E-state index contributed by atoms with van der Waals surface area (Å²) >= 11 is 0. The molecule has 1 aliphatic rings. The van der Waals surface area contributed by atoms with Crippen molar-refractivity contribution < 1.29 is 33.6 Å². The van der Waals surface area contributed by atoms with Crippen LogP contribution in [0.25, 0.3) is 0 Å². The number of ether oxygens (including phenoxy) is 5. The van der Waals surface area contributed by atoms with Crippen molar-refractivity contribution in [3.63, 3.8) is 0 Å². The Morgan fingerprint density at radius 1 is 0.628 bits per heavy atom. The van der Waals surface area contributed by atoms with E-state index in [1.165, 1.54) is 0 Å². The Balaban J connectivity index is 1.35. The molecule has 0 aromatic heterocycles. The van der Waals surface area contributed by atoms with Crippen molar-refractivity contribution in [3.8, 4) is 0 Å². The molecule has 43 heavy (non-hydrogen) atoms. The predicted molar refractivity (Wildman–Crippen MR) is 161 cm³/mol. The van der Waals surface area contributed by atoms with Gasteiger partial charge in [-0.1, -0.05) is 121 Å². The maximum absolute atomic E-state index is 13.1. The topological polar surface area (TPSA) is 95.5 Å².